The molecular weight excluding hydrogens is 198 g/mol. The number of nitrogens with two attached hydrogens (primary N) is 1. The highest BCUT2D eigenvalue weighted by Gasteiger charge is 2.15. The first kappa shape index (κ1) is 11.0. The van der Waals surface area contributed by atoms with Crippen molar-refractivity contribution >= 4 is 11.8 Å². The Kier molecular flexibility index (Phi) is 3.22. The van der Waals surface area contributed by atoms with Crippen LogP contribution in [0, 0.1) is 0 Å². The molecule has 2 amide bonds. The highest BCUT2D eigenvalue weighted by molar-refractivity contribution is 5.99. The minimum absolute atomic E-state index is 0.0538. The quantitative estimate of drug-likeness (QED) is 0.617. The SMILES string of the molecule is CC(NC(=O)c1ccncc1O)C(N)=O. The average Bonchev–Trinajstić information content (AvgIpc) is 2.18. The molecule has 0 fully saturated rings. The lowest BCUT2D eigenvalue weighted by molar-refractivity contribution is -0.119. The fraction of sp³-hybridized carbons (Fsp3) is 0.222. The third-order valence-electron chi connectivity index (χ3n) is 1.82. The lowest BCUT2D eigenvalue weighted by Gasteiger charge is -2.10. The second kappa shape index (κ2) is 4.41. The van der Waals surface area contributed by atoms with Crippen LogP contribution in [-0.4, -0.2) is 27.9 Å². The van der Waals surface area contributed by atoms with E-state index in [2.05, 4.69) is 10.3 Å². The standard InChI is InChI=1S/C9H11N3O3/c1-5(8(10)14)12-9(15)6-2-3-11-4-7(6)13/h2-5,13H,1H3,(H2,10,14)(H,12,15). The molecule has 0 saturated heterocycles. The summed E-state index contributed by atoms with van der Waals surface area (Å²) in [4.78, 5) is 25.8. The Morgan fingerprint density at radius 1 is 1.60 bits per heavy atom. The lowest BCUT2D eigenvalue weighted by Crippen LogP contribution is -2.42. The van der Waals surface area contributed by atoms with E-state index in [-0.39, 0.29) is 11.3 Å². The molecule has 4 N–H and O–H groups in total. The van der Waals surface area contributed by atoms with Crippen LogP contribution < -0.4 is 11.1 Å². The van der Waals surface area contributed by atoms with Gasteiger partial charge < -0.3 is 16.2 Å². The predicted molar refractivity (Wildman–Crippen MR) is 52.0 cm³/mol. The first-order chi connectivity index (χ1) is 7.02. The highest BCUT2D eigenvalue weighted by atomic mass is 16.3. The molecule has 1 unspecified atom stereocenters. The second-order valence-electron chi connectivity index (χ2n) is 2.99. The summed E-state index contributed by atoms with van der Waals surface area (Å²) in [7, 11) is 0. The summed E-state index contributed by atoms with van der Waals surface area (Å²) in [5.74, 6) is -1.45. The molecule has 80 valence electrons. The molecule has 0 bridgehead atoms. The van der Waals surface area contributed by atoms with Crippen LogP contribution >= 0.6 is 0 Å². The zero-order valence-corrected chi connectivity index (χ0v) is 8.10. The summed E-state index contributed by atoms with van der Waals surface area (Å²) in [5.41, 5.74) is 5.03. The van der Waals surface area contributed by atoms with E-state index < -0.39 is 17.9 Å². The number of nitrogens with zero attached hydrogens (tertiary/aromatic N) is 1. The molecule has 0 aromatic carbocycles. The Balaban J connectivity index is 2.78. The number of primary amides is 1. The van der Waals surface area contributed by atoms with Gasteiger partial charge in [0, 0.05) is 6.20 Å². The van der Waals surface area contributed by atoms with Crippen molar-refractivity contribution in [3.05, 3.63) is 24.0 Å². The highest BCUT2D eigenvalue weighted by Crippen LogP contribution is 2.13. The Morgan fingerprint density at radius 3 is 2.80 bits per heavy atom. The fourth-order valence-electron chi connectivity index (χ4n) is 0.924. The summed E-state index contributed by atoms with van der Waals surface area (Å²) in [5, 5.41) is 11.6. The molecule has 0 aliphatic heterocycles. The van der Waals surface area contributed by atoms with Crippen molar-refractivity contribution in [3.63, 3.8) is 0 Å². The summed E-state index contributed by atoms with van der Waals surface area (Å²) >= 11 is 0. The topological polar surface area (TPSA) is 105 Å². The largest absolute Gasteiger partial charge is 0.505 e. The Morgan fingerprint density at radius 2 is 2.27 bits per heavy atom. The van der Waals surface area contributed by atoms with Crippen LogP contribution in [0.3, 0.4) is 0 Å². The van der Waals surface area contributed by atoms with Gasteiger partial charge in [-0.05, 0) is 13.0 Å². The smallest absolute Gasteiger partial charge is 0.255 e. The van der Waals surface area contributed by atoms with Gasteiger partial charge in [0.1, 0.15) is 11.8 Å². The number of carbonyl (C=O) groups excluding carboxylic acids is 2. The monoisotopic (exact) mass is 209 g/mol. The molecule has 1 heterocycles. The Hall–Kier alpha value is -2.11. The van der Waals surface area contributed by atoms with E-state index in [0.717, 1.165) is 6.20 Å². The van der Waals surface area contributed by atoms with E-state index in [1.165, 1.54) is 19.2 Å². The van der Waals surface area contributed by atoms with Crippen molar-refractivity contribution in [3.8, 4) is 5.75 Å². The molecular formula is C9H11N3O3. The molecule has 1 aromatic rings. The normalized spacial score (nSPS) is 11.8. The van der Waals surface area contributed by atoms with Crippen LogP contribution in [-0.2, 0) is 4.79 Å². The van der Waals surface area contributed by atoms with Gasteiger partial charge in [0.05, 0.1) is 11.8 Å². The van der Waals surface area contributed by atoms with Gasteiger partial charge in [-0.25, -0.2) is 0 Å². The van der Waals surface area contributed by atoms with Crippen molar-refractivity contribution in [2.75, 3.05) is 0 Å². The summed E-state index contributed by atoms with van der Waals surface area (Å²) in [6, 6.07) is 0.559. The molecule has 1 aromatic heterocycles. The average molecular weight is 209 g/mol. The third kappa shape index (κ3) is 2.67. The van der Waals surface area contributed by atoms with E-state index in [0.29, 0.717) is 0 Å². The maximum Gasteiger partial charge on any atom is 0.255 e. The van der Waals surface area contributed by atoms with Gasteiger partial charge in [-0.15, -0.1) is 0 Å². The number of rotatable bonds is 3. The van der Waals surface area contributed by atoms with Gasteiger partial charge in [0.2, 0.25) is 5.91 Å². The summed E-state index contributed by atoms with van der Waals surface area (Å²) < 4.78 is 0. The maximum absolute atomic E-state index is 11.5. The van der Waals surface area contributed by atoms with Crippen LogP contribution in [0.5, 0.6) is 5.75 Å². The van der Waals surface area contributed by atoms with Crippen molar-refractivity contribution < 1.29 is 14.7 Å². The Bertz CT molecular complexity index is 392. The van der Waals surface area contributed by atoms with Crippen LogP contribution in [0.25, 0.3) is 0 Å². The minimum atomic E-state index is -0.787. The number of pyridine rings is 1. The van der Waals surface area contributed by atoms with Crippen LogP contribution in [0.1, 0.15) is 17.3 Å². The van der Waals surface area contributed by atoms with Gasteiger partial charge in [0.25, 0.3) is 5.91 Å². The number of carbonyl (C=O) groups is 2. The zero-order valence-electron chi connectivity index (χ0n) is 8.10. The number of hydrogen-bond acceptors (Lipinski definition) is 4. The van der Waals surface area contributed by atoms with Gasteiger partial charge in [-0.2, -0.15) is 0 Å². The molecule has 0 aliphatic rings. The van der Waals surface area contributed by atoms with Crippen molar-refractivity contribution in [1.82, 2.24) is 10.3 Å². The molecule has 6 heteroatoms. The molecule has 0 aliphatic carbocycles. The first-order valence-electron chi connectivity index (χ1n) is 4.25. The second-order valence-corrected chi connectivity index (χ2v) is 2.99. The maximum atomic E-state index is 11.5. The molecule has 15 heavy (non-hydrogen) atoms. The van der Waals surface area contributed by atoms with Gasteiger partial charge in [-0.3, -0.25) is 14.6 Å². The molecule has 0 radical (unpaired) electrons. The Labute approximate surface area is 86.1 Å². The van der Waals surface area contributed by atoms with E-state index in [1.54, 1.807) is 0 Å². The predicted octanol–water partition coefficient (Wildman–Crippen LogP) is -0.609. The van der Waals surface area contributed by atoms with Crippen molar-refractivity contribution in [2.45, 2.75) is 13.0 Å². The summed E-state index contributed by atoms with van der Waals surface area (Å²) in [6.45, 7) is 1.46. The van der Waals surface area contributed by atoms with E-state index in [9.17, 15) is 14.7 Å². The van der Waals surface area contributed by atoms with Crippen molar-refractivity contribution in [2.24, 2.45) is 5.73 Å². The van der Waals surface area contributed by atoms with E-state index in [1.807, 2.05) is 0 Å². The van der Waals surface area contributed by atoms with Gasteiger partial charge >= 0.3 is 0 Å². The van der Waals surface area contributed by atoms with Crippen LogP contribution in [0.2, 0.25) is 0 Å². The zero-order chi connectivity index (χ0) is 11.4. The third-order valence-corrected chi connectivity index (χ3v) is 1.82. The number of nitrogens with one attached hydrogen (secondary N) is 1. The number of aromatic hydroxyl groups is 1. The van der Waals surface area contributed by atoms with E-state index in [4.69, 9.17) is 5.73 Å². The van der Waals surface area contributed by atoms with Crippen LogP contribution in [0.15, 0.2) is 18.5 Å². The number of aromatic nitrogens is 1. The summed E-state index contributed by atoms with van der Waals surface area (Å²) in [6.07, 6.45) is 2.51. The van der Waals surface area contributed by atoms with Crippen molar-refractivity contribution in [1.29, 1.82) is 0 Å². The molecule has 0 saturated carbocycles. The first-order valence-corrected chi connectivity index (χ1v) is 4.25. The van der Waals surface area contributed by atoms with Gasteiger partial charge in [0.15, 0.2) is 0 Å². The number of hydrogen-bond donors (Lipinski definition) is 3. The number of amides is 2. The molecule has 0 spiro atoms. The fourth-order valence-corrected chi connectivity index (χ4v) is 0.924. The minimum Gasteiger partial charge on any atom is -0.505 e. The van der Waals surface area contributed by atoms with Crippen LogP contribution in [0.4, 0.5) is 0 Å². The molecule has 6 nitrogen and oxygen atoms in total. The molecule has 1 rings (SSSR count). The molecule has 1 atom stereocenters. The van der Waals surface area contributed by atoms with Gasteiger partial charge in [-0.1, -0.05) is 0 Å². The lowest BCUT2D eigenvalue weighted by atomic mass is 10.2. The van der Waals surface area contributed by atoms with E-state index >= 15 is 0 Å².